The van der Waals surface area contributed by atoms with Crippen LogP contribution in [-0.4, -0.2) is 12.6 Å². The molecule has 0 bridgehead atoms. The van der Waals surface area contributed by atoms with Crippen LogP contribution >= 0.6 is 0 Å². The smallest absolute Gasteiger partial charge is 0.309 e. The number of ether oxygens (including phenoxy) is 1. The highest BCUT2D eigenvalue weighted by atomic mass is 16.5. The van der Waals surface area contributed by atoms with E-state index in [1.807, 2.05) is 6.92 Å². The molecule has 76 valence electrons. The van der Waals surface area contributed by atoms with Crippen molar-refractivity contribution in [1.29, 1.82) is 0 Å². The number of esters is 1. The Kier molecular flexibility index (Phi) is 3.76. The van der Waals surface area contributed by atoms with Gasteiger partial charge in [0.2, 0.25) is 0 Å². The van der Waals surface area contributed by atoms with Crippen LogP contribution in [0.5, 0.6) is 0 Å². The van der Waals surface area contributed by atoms with E-state index in [2.05, 4.69) is 13.8 Å². The molecule has 13 heavy (non-hydrogen) atoms. The van der Waals surface area contributed by atoms with Crippen LogP contribution in [0.1, 0.15) is 40.0 Å². The molecule has 1 aliphatic rings. The van der Waals surface area contributed by atoms with E-state index in [1.165, 1.54) is 12.8 Å². The lowest BCUT2D eigenvalue weighted by atomic mass is 9.86. The van der Waals surface area contributed by atoms with Gasteiger partial charge in [-0.1, -0.05) is 20.3 Å². The molecule has 0 aromatic carbocycles. The Hall–Kier alpha value is -0.530. The molecule has 1 unspecified atom stereocenters. The van der Waals surface area contributed by atoms with Gasteiger partial charge in [0.1, 0.15) is 0 Å². The summed E-state index contributed by atoms with van der Waals surface area (Å²) in [5.41, 5.74) is 0. The summed E-state index contributed by atoms with van der Waals surface area (Å²) in [6, 6.07) is 0. The highest BCUT2D eigenvalue weighted by Gasteiger charge is 2.35. The van der Waals surface area contributed by atoms with Crippen molar-refractivity contribution in [3.63, 3.8) is 0 Å². The minimum atomic E-state index is 0.0266. The summed E-state index contributed by atoms with van der Waals surface area (Å²) in [5.74, 6) is 1.37. The summed E-state index contributed by atoms with van der Waals surface area (Å²) in [5, 5.41) is 0. The van der Waals surface area contributed by atoms with Crippen LogP contribution in [0.3, 0.4) is 0 Å². The minimum absolute atomic E-state index is 0.0266. The quantitative estimate of drug-likeness (QED) is 0.630. The van der Waals surface area contributed by atoms with E-state index in [1.54, 1.807) is 0 Å². The average Bonchev–Trinajstić information content (AvgIpc) is 2.52. The second kappa shape index (κ2) is 4.64. The summed E-state index contributed by atoms with van der Waals surface area (Å²) in [4.78, 5) is 11.5. The number of rotatable bonds is 3. The van der Waals surface area contributed by atoms with Crippen LogP contribution in [0.15, 0.2) is 0 Å². The van der Waals surface area contributed by atoms with Crippen LogP contribution in [0.2, 0.25) is 0 Å². The van der Waals surface area contributed by atoms with Crippen molar-refractivity contribution in [2.75, 3.05) is 6.61 Å². The largest absolute Gasteiger partial charge is 0.466 e. The van der Waals surface area contributed by atoms with Crippen molar-refractivity contribution in [2.24, 2.45) is 17.8 Å². The van der Waals surface area contributed by atoms with Crippen LogP contribution in [0.4, 0.5) is 0 Å². The summed E-state index contributed by atoms with van der Waals surface area (Å²) in [7, 11) is 0. The first-order valence-electron chi connectivity index (χ1n) is 5.33. The Labute approximate surface area is 80.7 Å². The Bertz CT molecular complexity index is 175. The molecule has 2 nitrogen and oxygen atoms in total. The SMILES string of the molecule is CCOC(=O)[C@H]1CCCC1C(C)C. The fourth-order valence-corrected chi connectivity index (χ4v) is 2.33. The molecule has 0 radical (unpaired) electrons. The van der Waals surface area contributed by atoms with Crippen LogP contribution in [0, 0.1) is 17.8 Å². The standard InChI is InChI=1S/C11H20O2/c1-4-13-11(12)10-7-5-6-9(10)8(2)3/h8-10H,4-7H2,1-3H3/t9?,10-/m0/s1. The Morgan fingerprint density at radius 2 is 2.15 bits per heavy atom. The third-order valence-electron chi connectivity index (χ3n) is 3.02. The summed E-state index contributed by atoms with van der Waals surface area (Å²) < 4.78 is 5.07. The van der Waals surface area contributed by atoms with E-state index in [4.69, 9.17) is 4.74 Å². The molecule has 2 atom stereocenters. The van der Waals surface area contributed by atoms with Crippen molar-refractivity contribution >= 4 is 5.97 Å². The number of hydrogen-bond donors (Lipinski definition) is 0. The molecule has 0 spiro atoms. The zero-order valence-corrected chi connectivity index (χ0v) is 8.88. The molecule has 1 fully saturated rings. The lowest BCUT2D eigenvalue weighted by Crippen LogP contribution is -2.24. The Balaban J connectivity index is 2.52. The first-order valence-corrected chi connectivity index (χ1v) is 5.33. The second-order valence-electron chi connectivity index (χ2n) is 4.20. The molecule has 0 aliphatic heterocycles. The van der Waals surface area contributed by atoms with Gasteiger partial charge in [0.05, 0.1) is 12.5 Å². The van der Waals surface area contributed by atoms with Crippen LogP contribution in [0.25, 0.3) is 0 Å². The molecule has 0 aromatic heterocycles. The summed E-state index contributed by atoms with van der Waals surface area (Å²) in [6.45, 7) is 6.78. The molecule has 0 heterocycles. The zero-order valence-electron chi connectivity index (χ0n) is 8.88. The van der Waals surface area contributed by atoms with Gasteiger partial charge in [-0.15, -0.1) is 0 Å². The molecular weight excluding hydrogens is 164 g/mol. The maximum Gasteiger partial charge on any atom is 0.309 e. The van der Waals surface area contributed by atoms with E-state index in [-0.39, 0.29) is 11.9 Å². The van der Waals surface area contributed by atoms with Gasteiger partial charge in [0.15, 0.2) is 0 Å². The summed E-state index contributed by atoms with van der Waals surface area (Å²) >= 11 is 0. The van der Waals surface area contributed by atoms with Crippen molar-refractivity contribution in [2.45, 2.75) is 40.0 Å². The van der Waals surface area contributed by atoms with Crippen molar-refractivity contribution in [3.8, 4) is 0 Å². The van der Waals surface area contributed by atoms with E-state index >= 15 is 0 Å². The summed E-state index contributed by atoms with van der Waals surface area (Å²) in [6.07, 6.45) is 3.41. The van der Waals surface area contributed by atoms with Gasteiger partial charge < -0.3 is 4.74 Å². The highest BCUT2D eigenvalue weighted by molar-refractivity contribution is 5.73. The van der Waals surface area contributed by atoms with Gasteiger partial charge in [-0.3, -0.25) is 4.79 Å². The predicted molar refractivity (Wildman–Crippen MR) is 52.3 cm³/mol. The Morgan fingerprint density at radius 3 is 2.69 bits per heavy atom. The van der Waals surface area contributed by atoms with Gasteiger partial charge in [0.25, 0.3) is 0 Å². The van der Waals surface area contributed by atoms with Crippen LogP contribution < -0.4 is 0 Å². The monoisotopic (exact) mass is 184 g/mol. The maximum atomic E-state index is 11.5. The Morgan fingerprint density at radius 1 is 1.46 bits per heavy atom. The molecule has 1 rings (SSSR count). The highest BCUT2D eigenvalue weighted by Crippen LogP contribution is 2.37. The van der Waals surface area contributed by atoms with Gasteiger partial charge in [-0.05, 0) is 31.6 Å². The lowest BCUT2D eigenvalue weighted by Gasteiger charge is -2.21. The normalized spacial score (nSPS) is 28.0. The fourth-order valence-electron chi connectivity index (χ4n) is 2.33. The fraction of sp³-hybridized carbons (Fsp3) is 0.909. The third kappa shape index (κ3) is 2.45. The second-order valence-corrected chi connectivity index (χ2v) is 4.20. The lowest BCUT2D eigenvalue weighted by molar-refractivity contribution is -0.149. The van der Waals surface area contributed by atoms with Gasteiger partial charge in [0, 0.05) is 0 Å². The maximum absolute atomic E-state index is 11.5. The van der Waals surface area contributed by atoms with Gasteiger partial charge in [-0.25, -0.2) is 0 Å². The molecule has 1 saturated carbocycles. The molecule has 0 aromatic rings. The predicted octanol–water partition coefficient (Wildman–Crippen LogP) is 2.62. The van der Waals surface area contributed by atoms with E-state index in [0.29, 0.717) is 18.4 Å². The van der Waals surface area contributed by atoms with E-state index < -0.39 is 0 Å². The van der Waals surface area contributed by atoms with Gasteiger partial charge >= 0.3 is 5.97 Å². The van der Waals surface area contributed by atoms with Crippen molar-refractivity contribution in [1.82, 2.24) is 0 Å². The van der Waals surface area contributed by atoms with E-state index in [0.717, 1.165) is 6.42 Å². The van der Waals surface area contributed by atoms with Gasteiger partial charge in [-0.2, -0.15) is 0 Å². The third-order valence-corrected chi connectivity index (χ3v) is 3.02. The number of carbonyl (C=O) groups excluding carboxylic acids is 1. The topological polar surface area (TPSA) is 26.3 Å². The van der Waals surface area contributed by atoms with Crippen LogP contribution in [-0.2, 0) is 9.53 Å². The minimum Gasteiger partial charge on any atom is -0.466 e. The van der Waals surface area contributed by atoms with Crippen molar-refractivity contribution in [3.05, 3.63) is 0 Å². The first-order chi connectivity index (χ1) is 6.16. The number of hydrogen-bond acceptors (Lipinski definition) is 2. The molecule has 2 heteroatoms. The zero-order chi connectivity index (χ0) is 9.84. The molecule has 1 aliphatic carbocycles. The number of carbonyl (C=O) groups is 1. The molecule has 0 amide bonds. The first kappa shape index (κ1) is 10.6. The molecule has 0 saturated heterocycles. The molecule has 0 N–H and O–H groups in total. The average molecular weight is 184 g/mol. The molecular formula is C11H20O2. The van der Waals surface area contributed by atoms with E-state index in [9.17, 15) is 4.79 Å². The van der Waals surface area contributed by atoms with Crippen molar-refractivity contribution < 1.29 is 9.53 Å².